The molecule has 3 aromatic rings. The molecule has 0 saturated carbocycles. The molecule has 0 aliphatic heterocycles. The van der Waals surface area contributed by atoms with Gasteiger partial charge in [0.1, 0.15) is 0 Å². The maximum absolute atomic E-state index is 11.9. The maximum atomic E-state index is 11.9. The van der Waals surface area contributed by atoms with Crippen molar-refractivity contribution in [1.29, 1.82) is 0 Å². The minimum atomic E-state index is -0.0967. The number of amides is 2. The van der Waals surface area contributed by atoms with Crippen LogP contribution in [0.25, 0.3) is 10.9 Å². The minimum absolute atomic E-state index is 0.0967. The molecule has 2 amide bonds. The maximum Gasteiger partial charge on any atom is 0.314 e. The third-order valence-corrected chi connectivity index (χ3v) is 4.65. The van der Waals surface area contributed by atoms with Gasteiger partial charge in [0.15, 0.2) is 0 Å². The van der Waals surface area contributed by atoms with Crippen molar-refractivity contribution >= 4 is 16.9 Å². The predicted octanol–water partition coefficient (Wildman–Crippen LogP) is 3.53. The molecule has 5 nitrogen and oxygen atoms in total. The molecule has 0 atom stereocenters. The van der Waals surface area contributed by atoms with E-state index in [9.17, 15) is 4.79 Å². The first-order chi connectivity index (χ1) is 13.2. The highest BCUT2D eigenvalue weighted by molar-refractivity contribution is 5.83. The quantitative estimate of drug-likeness (QED) is 0.509. The van der Waals surface area contributed by atoms with Crippen LogP contribution in [-0.2, 0) is 13.0 Å². The molecule has 2 aromatic carbocycles. The van der Waals surface area contributed by atoms with Gasteiger partial charge in [0, 0.05) is 36.7 Å². The van der Waals surface area contributed by atoms with E-state index in [1.807, 2.05) is 24.4 Å². The number of hydrogen-bond acceptors (Lipinski definition) is 2. The minimum Gasteiger partial charge on any atom is -0.361 e. The highest BCUT2D eigenvalue weighted by atomic mass is 16.2. The SMILES string of the molecule is CN(CCCNC(=O)NCCc1c[nH]c2ccccc12)Cc1ccccc1. The number of urea groups is 1. The fraction of sp³-hybridized carbons (Fsp3) is 0.318. The number of carbonyl (C=O) groups is 1. The van der Waals surface area contributed by atoms with Crippen LogP contribution in [0.3, 0.4) is 0 Å². The van der Waals surface area contributed by atoms with Crippen molar-refractivity contribution < 1.29 is 4.79 Å². The summed E-state index contributed by atoms with van der Waals surface area (Å²) in [6.45, 7) is 3.18. The highest BCUT2D eigenvalue weighted by Gasteiger charge is 2.05. The zero-order valence-electron chi connectivity index (χ0n) is 15.9. The van der Waals surface area contributed by atoms with Crippen LogP contribution < -0.4 is 10.6 Å². The zero-order chi connectivity index (χ0) is 18.9. The van der Waals surface area contributed by atoms with E-state index in [1.54, 1.807) is 0 Å². The van der Waals surface area contributed by atoms with E-state index in [0.29, 0.717) is 13.1 Å². The van der Waals surface area contributed by atoms with Crippen molar-refractivity contribution in [2.45, 2.75) is 19.4 Å². The summed E-state index contributed by atoms with van der Waals surface area (Å²) in [4.78, 5) is 17.5. The normalized spacial score (nSPS) is 11.0. The molecule has 0 radical (unpaired) electrons. The molecule has 3 rings (SSSR count). The molecule has 0 spiro atoms. The molecule has 0 fully saturated rings. The Bertz CT molecular complexity index is 844. The smallest absolute Gasteiger partial charge is 0.314 e. The summed E-state index contributed by atoms with van der Waals surface area (Å²) >= 11 is 0. The van der Waals surface area contributed by atoms with E-state index in [-0.39, 0.29) is 6.03 Å². The first-order valence-electron chi connectivity index (χ1n) is 9.51. The number of hydrogen-bond donors (Lipinski definition) is 3. The summed E-state index contributed by atoms with van der Waals surface area (Å²) in [5, 5.41) is 7.09. The van der Waals surface area contributed by atoms with Crippen molar-refractivity contribution in [1.82, 2.24) is 20.5 Å². The molecule has 1 heterocycles. The second kappa shape index (κ2) is 9.78. The van der Waals surface area contributed by atoms with Crippen LogP contribution in [0.5, 0.6) is 0 Å². The van der Waals surface area contributed by atoms with Crippen LogP contribution in [0, 0.1) is 0 Å². The summed E-state index contributed by atoms with van der Waals surface area (Å²) in [5.41, 5.74) is 3.67. The lowest BCUT2D eigenvalue weighted by atomic mass is 10.1. The molecular weight excluding hydrogens is 336 g/mol. The van der Waals surface area contributed by atoms with Gasteiger partial charge in [0.25, 0.3) is 0 Å². The number of carbonyl (C=O) groups excluding carboxylic acids is 1. The van der Waals surface area contributed by atoms with Gasteiger partial charge >= 0.3 is 6.03 Å². The van der Waals surface area contributed by atoms with Gasteiger partial charge in [-0.2, -0.15) is 0 Å². The van der Waals surface area contributed by atoms with Crippen molar-refractivity contribution in [3.8, 4) is 0 Å². The topological polar surface area (TPSA) is 60.2 Å². The van der Waals surface area contributed by atoms with E-state index in [2.05, 4.69) is 64.0 Å². The van der Waals surface area contributed by atoms with Crippen molar-refractivity contribution in [3.05, 3.63) is 71.9 Å². The molecular formula is C22H28N4O. The van der Waals surface area contributed by atoms with Crippen LogP contribution in [-0.4, -0.2) is 42.6 Å². The van der Waals surface area contributed by atoms with Gasteiger partial charge in [-0.05, 0) is 43.6 Å². The lowest BCUT2D eigenvalue weighted by Crippen LogP contribution is -2.37. The van der Waals surface area contributed by atoms with Crippen LogP contribution in [0.1, 0.15) is 17.5 Å². The average molecular weight is 364 g/mol. The van der Waals surface area contributed by atoms with Crippen molar-refractivity contribution in [3.63, 3.8) is 0 Å². The molecule has 0 bridgehead atoms. The Hall–Kier alpha value is -2.79. The number of aromatic nitrogens is 1. The third-order valence-electron chi connectivity index (χ3n) is 4.65. The van der Waals surface area contributed by atoms with Gasteiger partial charge < -0.3 is 20.5 Å². The van der Waals surface area contributed by atoms with Gasteiger partial charge in [-0.25, -0.2) is 4.79 Å². The van der Waals surface area contributed by atoms with Gasteiger partial charge in [0.05, 0.1) is 0 Å². The number of para-hydroxylation sites is 1. The number of nitrogens with one attached hydrogen (secondary N) is 3. The van der Waals surface area contributed by atoms with Gasteiger partial charge in [0.2, 0.25) is 0 Å². The molecule has 27 heavy (non-hydrogen) atoms. The summed E-state index contributed by atoms with van der Waals surface area (Å²) in [6, 6.07) is 18.6. The molecule has 3 N–H and O–H groups in total. The van der Waals surface area contributed by atoms with E-state index in [4.69, 9.17) is 0 Å². The van der Waals surface area contributed by atoms with Crippen LogP contribution >= 0.6 is 0 Å². The Balaban J connectivity index is 1.28. The van der Waals surface area contributed by atoms with Gasteiger partial charge in [-0.15, -0.1) is 0 Å². The number of H-pyrrole nitrogens is 1. The number of benzene rings is 2. The standard InChI is InChI=1S/C22H28N4O/c1-26(17-18-8-3-2-4-9-18)15-7-13-23-22(27)24-14-12-19-16-25-21-11-6-5-10-20(19)21/h2-6,8-11,16,25H,7,12-15,17H2,1H3,(H2,23,24,27). The van der Waals surface area contributed by atoms with Gasteiger partial charge in [-0.1, -0.05) is 48.5 Å². The van der Waals surface area contributed by atoms with E-state index < -0.39 is 0 Å². The van der Waals surface area contributed by atoms with Crippen LogP contribution in [0.4, 0.5) is 4.79 Å². The lowest BCUT2D eigenvalue weighted by Gasteiger charge is -2.16. The molecule has 5 heteroatoms. The molecule has 0 unspecified atom stereocenters. The van der Waals surface area contributed by atoms with E-state index in [1.165, 1.54) is 16.5 Å². The molecule has 1 aromatic heterocycles. The summed E-state index contributed by atoms with van der Waals surface area (Å²) in [7, 11) is 2.11. The fourth-order valence-electron chi connectivity index (χ4n) is 3.24. The molecule has 0 aliphatic carbocycles. The second-order valence-corrected chi connectivity index (χ2v) is 6.87. The van der Waals surface area contributed by atoms with Crippen LogP contribution in [0.15, 0.2) is 60.8 Å². The Kier molecular flexibility index (Phi) is 6.88. The molecule has 142 valence electrons. The third kappa shape index (κ3) is 5.86. The summed E-state index contributed by atoms with van der Waals surface area (Å²) in [5.74, 6) is 0. The second-order valence-electron chi connectivity index (χ2n) is 6.87. The average Bonchev–Trinajstić information content (AvgIpc) is 3.09. The number of fused-ring (bicyclic) bond motifs is 1. The fourth-order valence-corrected chi connectivity index (χ4v) is 3.24. The van der Waals surface area contributed by atoms with E-state index in [0.717, 1.165) is 31.4 Å². The van der Waals surface area contributed by atoms with Crippen molar-refractivity contribution in [2.24, 2.45) is 0 Å². The zero-order valence-corrected chi connectivity index (χ0v) is 15.9. The largest absolute Gasteiger partial charge is 0.361 e. The Morgan fingerprint density at radius 2 is 1.74 bits per heavy atom. The first-order valence-corrected chi connectivity index (χ1v) is 9.51. The van der Waals surface area contributed by atoms with E-state index >= 15 is 0 Å². The monoisotopic (exact) mass is 364 g/mol. The Morgan fingerprint density at radius 1 is 1.00 bits per heavy atom. The number of rotatable bonds is 9. The van der Waals surface area contributed by atoms with Crippen molar-refractivity contribution in [2.75, 3.05) is 26.7 Å². The lowest BCUT2D eigenvalue weighted by molar-refractivity contribution is 0.239. The number of aromatic amines is 1. The molecule has 0 aliphatic rings. The summed E-state index contributed by atoms with van der Waals surface area (Å²) in [6.07, 6.45) is 3.77. The number of nitrogens with zero attached hydrogens (tertiary/aromatic N) is 1. The summed E-state index contributed by atoms with van der Waals surface area (Å²) < 4.78 is 0. The van der Waals surface area contributed by atoms with Gasteiger partial charge in [-0.3, -0.25) is 0 Å². The predicted molar refractivity (Wildman–Crippen MR) is 111 cm³/mol. The Morgan fingerprint density at radius 3 is 2.59 bits per heavy atom. The first kappa shape index (κ1) is 19.0. The van der Waals surface area contributed by atoms with Crippen LogP contribution in [0.2, 0.25) is 0 Å². The Labute approximate surface area is 160 Å². The highest BCUT2D eigenvalue weighted by Crippen LogP contribution is 2.17. The molecule has 0 saturated heterocycles.